The Labute approximate surface area is 114 Å². The number of benzene rings is 2. The van der Waals surface area contributed by atoms with Crippen LogP contribution in [0.2, 0.25) is 0 Å². The number of hydrogen-bond donors (Lipinski definition) is 1. The summed E-state index contributed by atoms with van der Waals surface area (Å²) < 4.78 is 39.8. The SMILES string of the molecule is Cc1cccc(C(=O)NCc2ccc(F)cc2F)c1F. The fourth-order valence-corrected chi connectivity index (χ4v) is 1.76. The van der Waals surface area contributed by atoms with E-state index in [-0.39, 0.29) is 17.7 Å². The first kappa shape index (κ1) is 14.1. The number of rotatable bonds is 3. The quantitative estimate of drug-likeness (QED) is 0.917. The van der Waals surface area contributed by atoms with E-state index in [0.717, 1.165) is 12.1 Å². The highest BCUT2D eigenvalue weighted by Crippen LogP contribution is 2.13. The summed E-state index contributed by atoms with van der Waals surface area (Å²) in [7, 11) is 0. The molecule has 0 heterocycles. The summed E-state index contributed by atoms with van der Waals surface area (Å²) in [5.74, 6) is -2.70. The number of halogens is 3. The Hall–Kier alpha value is -2.30. The molecule has 0 saturated carbocycles. The molecule has 2 aromatic carbocycles. The van der Waals surface area contributed by atoms with Crippen molar-refractivity contribution in [3.8, 4) is 0 Å². The maximum atomic E-state index is 13.7. The zero-order chi connectivity index (χ0) is 14.7. The van der Waals surface area contributed by atoms with Crippen molar-refractivity contribution in [2.75, 3.05) is 0 Å². The van der Waals surface area contributed by atoms with E-state index in [1.54, 1.807) is 19.1 Å². The van der Waals surface area contributed by atoms with E-state index in [4.69, 9.17) is 0 Å². The van der Waals surface area contributed by atoms with Gasteiger partial charge in [0.1, 0.15) is 17.5 Å². The molecule has 2 nitrogen and oxygen atoms in total. The highest BCUT2D eigenvalue weighted by molar-refractivity contribution is 5.94. The number of carbonyl (C=O) groups is 1. The van der Waals surface area contributed by atoms with Gasteiger partial charge in [0.2, 0.25) is 0 Å². The van der Waals surface area contributed by atoms with Crippen molar-refractivity contribution in [1.29, 1.82) is 0 Å². The topological polar surface area (TPSA) is 29.1 Å². The van der Waals surface area contributed by atoms with Crippen molar-refractivity contribution in [2.45, 2.75) is 13.5 Å². The van der Waals surface area contributed by atoms with E-state index in [2.05, 4.69) is 5.32 Å². The first-order valence-corrected chi connectivity index (χ1v) is 5.96. The van der Waals surface area contributed by atoms with Crippen LogP contribution in [0.5, 0.6) is 0 Å². The van der Waals surface area contributed by atoms with Crippen LogP contribution in [-0.2, 0) is 6.54 Å². The molecule has 2 rings (SSSR count). The number of nitrogens with one attached hydrogen (secondary N) is 1. The monoisotopic (exact) mass is 279 g/mol. The molecule has 0 aliphatic heterocycles. The van der Waals surface area contributed by atoms with Gasteiger partial charge in [-0.3, -0.25) is 4.79 Å². The third kappa shape index (κ3) is 2.99. The lowest BCUT2D eigenvalue weighted by Crippen LogP contribution is -2.24. The van der Waals surface area contributed by atoms with E-state index >= 15 is 0 Å². The lowest BCUT2D eigenvalue weighted by molar-refractivity contribution is 0.0946. The molecule has 0 spiro atoms. The largest absolute Gasteiger partial charge is 0.348 e. The van der Waals surface area contributed by atoms with Crippen molar-refractivity contribution in [3.05, 3.63) is 70.5 Å². The van der Waals surface area contributed by atoms with Gasteiger partial charge in [-0.25, -0.2) is 13.2 Å². The van der Waals surface area contributed by atoms with E-state index in [9.17, 15) is 18.0 Å². The van der Waals surface area contributed by atoms with Gasteiger partial charge in [0, 0.05) is 18.2 Å². The average molecular weight is 279 g/mol. The summed E-state index contributed by atoms with van der Waals surface area (Å²) in [4.78, 5) is 11.8. The van der Waals surface area contributed by atoms with Crippen molar-refractivity contribution in [1.82, 2.24) is 5.32 Å². The van der Waals surface area contributed by atoms with Gasteiger partial charge in [0.05, 0.1) is 5.56 Å². The Morgan fingerprint density at radius 1 is 1.15 bits per heavy atom. The molecule has 0 fully saturated rings. The van der Waals surface area contributed by atoms with Gasteiger partial charge in [-0.1, -0.05) is 18.2 Å². The molecule has 0 bridgehead atoms. The van der Waals surface area contributed by atoms with Crippen LogP contribution in [0, 0.1) is 24.4 Å². The van der Waals surface area contributed by atoms with E-state index < -0.39 is 23.4 Å². The molecule has 0 radical (unpaired) electrons. The van der Waals surface area contributed by atoms with Crippen LogP contribution in [0.15, 0.2) is 36.4 Å². The smallest absolute Gasteiger partial charge is 0.254 e. The van der Waals surface area contributed by atoms with E-state index in [0.29, 0.717) is 5.56 Å². The zero-order valence-corrected chi connectivity index (χ0v) is 10.7. The van der Waals surface area contributed by atoms with Crippen LogP contribution in [0.3, 0.4) is 0 Å². The summed E-state index contributed by atoms with van der Waals surface area (Å²) in [5.41, 5.74) is 0.381. The predicted octanol–water partition coefficient (Wildman–Crippen LogP) is 3.34. The van der Waals surface area contributed by atoms with Gasteiger partial charge in [-0.2, -0.15) is 0 Å². The van der Waals surface area contributed by atoms with E-state index in [1.807, 2.05) is 0 Å². The molecule has 2 aromatic rings. The van der Waals surface area contributed by atoms with Crippen LogP contribution >= 0.6 is 0 Å². The van der Waals surface area contributed by atoms with Gasteiger partial charge in [-0.05, 0) is 24.6 Å². The molecule has 0 aromatic heterocycles. The highest BCUT2D eigenvalue weighted by atomic mass is 19.1. The molecule has 0 atom stereocenters. The Bertz CT molecular complexity index is 656. The normalized spacial score (nSPS) is 10.4. The molecule has 1 amide bonds. The van der Waals surface area contributed by atoms with Gasteiger partial charge in [0.15, 0.2) is 0 Å². The average Bonchev–Trinajstić information content (AvgIpc) is 2.40. The fraction of sp³-hybridized carbons (Fsp3) is 0.133. The molecule has 1 N–H and O–H groups in total. The van der Waals surface area contributed by atoms with Gasteiger partial charge < -0.3 is 5.32 Å². The third-order valence-electron chi connectivity index (χ3n) is 2.89. The van der Waals surface area contributed by atoms with Crippen LogP contribution in [0.25, 0.3) is 0 Å². The second-order valence-electron chi connectivity index (χ2n) is 4.35. The lowest BCUT2D eigenvalue weighted by atomic mass is 10.1. The van der Waals surface area contributed by atoms with E-state index in [1.165, 1.54) is 12.1 Å². The minimum Gasteiger partial charge on any atom is -0.348 e. The maximum Gasteiger partial charge on any atom is 0.254 e. The molecule has 20 heavy (non-hydrogen) atoms. The van der Waals surface area contributed by atoms with Crippen LogP contribution in [0.4, 0.5) is 13.2 Å². The van der Waals surface area contributed by atoms with Crippen molar-refractivity contribution >= 4 is 5.91 Å². The molecule has 0 unspecified atom stereocenters. The molecule has 0 aliphatic carbocycles. The summed E-state index contributed by atoms with van der Waals surface area (Å²) in [6, 6.07) is 7.51. The molecule has 104 valence electrons. The Morgan fingerprint density at radius 3 is 2.60 bits per heavy atom. The summed E-state index contributed by atoms with van der Waals surface area (Å²) in [5, 5.41) is 2.40. The fourth-order valence-electron chi connectivity index (χ4n) is 1.76. The zero-order valence-electron chi connectivity index (χ0n) is 10.7. The minimum absolute atomic E-state index is 0.104. The summed E-state index contributed by atoms with van der Waals surface area (Å²) in [6.45, 7) is 1.41. The Kier molecular flexibility index (Phi) is 4.08. The molecule has 5 heteroatoms. The van der Waals surface area contributed by atoms with Gasteiger partial charge in [-0.15, -0.1) is 0 Å². The molecular weight excluding hydrogens is 267 g/mol. The Balaban J connectivity index is 2.11. The van der Waals surface area contributed by atoms with Crippen molar-refractivity contribution in [2.24, 2.45) is 0 Å². The third-order valence-corrected chi connectivity index (χ3v) is 2.89. The number of amides is 1. The molecular formula is C15H12F3NO. The second-order valence-corrected chi connectivity index (χ2v) is 4.35. The summed E-state index contributed by atoms with van der Waals surface area (Å²) in [6.07, 6.45) is 0. The van der Waals surface area contributed by atoms with Gasteiger partial charge in [0.25, 0.3) is 5.91 Å². The standard InChI is InChI=1S/C15H12F3NO/c1-9-3-2-4-12(14(9)18)15(20)19-8-10-5-6-11(16)7-13(10)17/h2-7H,8H2,1H3,(H,19,20). The lowest BCUT2D eigenvalue weighted by Gasteiger charge is -2.08. The van der Waals surface area contributed by atoms with Crippen LogP contribution in [-0.4, -0.2) is 5.91 Å². The number of carbonyl (C=O) groups excluding carboxylic acids is 1. The van der Waals surface area contributed by atoms with Gasteiger partial charge >= 0.3 is 0 Å². The Morgan fingerprint density at radius 2 is 1.90 bits per heavy atom. The predicted molar refractivity (Wildman–Crippen MR) is 68.7 cm³/mol. The van der Waals surface area contributed by atoms with Crippen LogP contribution < -0.4 is 5.32 Å². The van der Waals surface area contributed by atoms with Crippen molar-refractivity contribution in [3.63, 3.8) is 0 Å². The molecule has 0 aliphatic rings. The first-order chi connectivity index (χ1) is 9.49. The first-order valence-electron chi connectivity index (χ1n) is 5.96. The van der Waals surface area contributed by atoms with Crippen molar-refractivity contribution < 1.29 is 18.0 Å². The minimum atomic E-state index is -0.755. The van der Waals surface area contributed by atoms with Crippen LogP contribution in [0.1, 0.15) is 21.5 Å². The highest BCUT2D eigenvalue weighted by Gasteiger charge is 2.13. The number of hydrogen-bond acceptors (Lipinski definition) is 1. The second kappa shape index (κ2) is 5.77. The molecule has 0 saturated heterocycles. The number of aryl methyl sites for hydroxylation is 1. The maximum absolute atomic E-state index is 13.7. The summed E-state index contributed by atoms with van der Waals surface area (Å²) >= 11 is 0.